The summed E-state index contributed by atoms with van der Waals surface area (Å²) in [6.45, 7) is 0. The van der Waals surface area contributed by atoms with Gasteiger partial charge >= 0.3 is 5.97 Å². The molecule has 0 aliphatic carbocycles. The van der Waals surface area contributed by atoms with Crippen molar-refractivity contribution in [2.45, 2.75) is 22.6 Å². The molecule has 0 atom stereocenters. The summed E-state index contributed by atoms with van der Waals surface area (Å²) in [5.74, 6) is -3.33. The summed E-state index contributed by atoms with van der Waals surface area (Å²) < 4.78 is 65.1. The normalized spacial score (nSPS) is 11.6. The minimum Gasteiger partial charge on any atom is -0.481 e. The number of rotatable bonds is 10. The Balaban J connectivity index is 1.49. The van der Waals surface area contributed by atoms with Crippen molar-refractivity contribution in [1.29, 1.82) is 0 Å². The van der Waals surface area contributed by atoms with E-state index in [1.165, 1.54) is 54.6 Å². The first-order valence-corrected chi connectivity index (χ1v) is 16.8. The van der Waals surface area contributed by atoms with E-state index in [1.807, 2.05) is 0 Å². The van der Waals surface area contributed by atoms with Gasteiger partial charge in [0.1, 0.15) is 0 Å². The summed E-state index contributed by atoms with van der Waals surface area (Å²) in [7, 11) is -8.96. The van der Waals surface area contributed by atoms with Gasteiger partial charge in [0.05, 0.1) is 16.2 Å². The Morgan fingerprint density at radius 1 is 0.562 bits per heavy atom. The summed E-state index contributed by atoms with van der Waals surface area (Å²) in [6, 6.07) is 20.7. The maximum Gasteiger partial charge on any atom is 0.303 e. The maximum absolute atomic E-state index is 13.5. The molecule has 5 aromatic rings. The van der Waals surface area contributed by atoms with Gasteiger partial charge in [0.15, 0.2) is 0 Å². The fourth-order valence-corrected chi connectivity index (χ4v) is 5.89. The average molecular weight is 692 g/mol. The lowest BCUT2D eigenvalue weighted by molar-refractivity contribution is -0.138. The molecule has 48 heavy (non-hydrogen) atoms. The van der Waals surface area contributed by atoms with Gasteiger partial charge in [-0.15, -0.1) is 0 Å². The Bertz CT molecular complexity index is 2230. The Labute approximate surface area is 272 Å². The van der Waals surface area contributed by atoms with Crippen LogP contribution < -0.4 is 16.0 Å². The van der Waals surface area contributed by atoms with Gasteiger partial charge in [0, 0.05) is 45.4 Å². The fraction of sp³-hybridized carbons (Fsp3) is 0.0625. The SMILES string of the molecule is O=C(O)CCC(=O)Nc1cc(C(=O)Nc2cccc3cc(S(=O)(=O)O)ccc23)cc(C(=O)Nc2cccc3cc(S(=O)(=O)O)ccc23)c1. The summed E-state index contributed by atoms with van der Waals surface area (Å²) in [5, 5.41) is 18.5. The number of carbonyl (C=O) groups is 4. The van der Waals surface area contributed by atoms with Crippen LogP contribution in [0.3, 0.4) is 0 Å². The van der Waals surface area contributed by atoms with Crippen LogP contribution in [0.5, 0.6) is 0 Å². The number of amides is 3. The van der Waals surface area contributed by atoms with Crippen LogP contribution in [0.1, 0.15) is 33.6 Å². The smallest absolute Gasteiger partial charge is 0.303 e. The molecule has 14 nitrogen and oxygen atoms in total. The monoisotopic (exact) mass is 691 g/mol. The first-order valence-electron chi connectivity index (χ1n) is 13.9. The van der Waals surface area contributed by atoms with Crippen molar-refractivity contribution < 1.29 is 50.2 Å². The maximum atomic E-state index is 13.5. The van der Waals surface area contributed by atoms with E-state index in [0.717, 1.165) is 0 Å². The summed E-state index contributed by atoms with van der Waals surface area (Å²) in [4.78, 5) is 49.7. The predicted molar refractivity (Wildman–Crippen MR) is 175 cm³/mol. The highest BCUT2D eigenvalue weighted by atomic mass is 32.2. The fourth-order valence-electron chi connectivity index (χ4n) is 4.86. The second kappa shape index (κ2) is 13.2. The van der Waals surface area contributed by atoms with Crippen molar-refractivity contribution in [3.63, 3.8) is 0 Å². The van der Waals surface area contributed by atoms with Crippen molar-refractivity contribution in [2.24, 2.45) is 0 Å². The van der Waals surface area contributed by atoms with Gasteiger partial charge in [-0.1, -0.05) is 36.4 Å². The Hall–Kier alpha value is -5.68. The van der Waals surface area contributed by atoms with Gasteiger partial charge in [-0.2, -0.15) is 16.8 Å². The van der Waals surface area contributed by atoms with Gasteiger partial charge in [0.2, 0.25) is 5.91 Å². The molecular formula is C32H25N3O11S2. The van der Waals surface area contributed by atoms with Gasteiger partial charge in [0.25, 0.3) is 32.1 Å². The van der Waals surface area contributed by atoms with E-state index < -0.39 is 50.3 Å². The largest absolute Gasteiger partial charge is 0.481 e. The molecule has 0 bridgehead atoms. The average Bonchev–Trinajstić information content (AvgIpc) is 3.02. The first kappa shape index (κ1) is 33.7. The molecule has 246 valence electrons. The summed E-state index contributed by atoms with van der Waals surface area (Å²) in [6.07, 6.45) is -0.837. The van der Waals surface area contributed by atoms with Crippen LogP contribution in [-0.2, 0) is 29.8 Å². The minimum absolute atomic E-state index is 0.00890. The topological polar surface area (TPSA) is 233 Å². The van der Waals surface area contributed by atoms with Gasteiger partial charge in [-0.25, -0.2) is 0 Å². The van der Waals surface area contributed by atoms with Crippen molar-refractivity contribution in [3.8, 4) is 0 Å². The van der Waals surface area contributed by atoms with E-state index in [2.05, 4.69) is 16.0 Å². The standard InChI is InChI=1S/C32H25N3O11S2/c36-29(11-12-30(37)38)33-22-14-20(31(39)34-27-5-1-3-18-16-23(47(41,42)43)7-9-25(18)27)13-21(15-22)32(40)35-28-6-2-4-19-17-24(48(44,45)46)8-10-26(19)28/h1-10,13-17H,11-12H2,(H,33,36)(H,34,39)(H,35,40)(H,37,38)(H,41,42,43)(H,44,45,46). The number of carboxylic acid groups (broad SMARTS) is 1. The van der Waals surface area contributed by atoms with Gasteiger partial charge in [-0.05, 0) is 65.4 Å². The lowest BCUT2D eigenvalue weighted by Gasteiger charge is -2.14. The van der Waals surface area contributed by atoms with E-state index >= 15 is 0 Å². The Kier molecular flexibility index (Phi) is 9.27. The van der Waals surface area contributed by atoms with Crippen LogP contribution in [0.25, 0.3) is 21.5 Å². The van der Waals surface area contributed by atoms with Crippen molar-refractivity contribution in [1.82, 2.24) is 0 Å². The number of fused-ring (bicyclic) bond motifs is 2. The van der Waals surface area contributed by atoms with Crippen LogP contribution >= 0.6 is 0 Å². The molecule has 0 aromatic heterocycles. The molecule has 0 spiro atoms. The number of carboxylic acids is 1. The molecule has 5 rings (SSSR count). The molecule has 5 aromatic carbocycles. The number of hydrogen-bond donors (Lipinski definition) is 6. The zero-order valence-corrected chi connectivity index (χ0v) is 26.1. The van der Waals surface area contributed by atoms with Crippen LogP contribution in [0.15, 0.2) is 101 Å². The number of hydrogen-bond acceptors (Lipinski definition) is 8. The second-order valence-electron chi connectivity index (χ2n) is 10.5. The Morgan fingerprint density at radius 3 is 1.44 bits per heavy atom. The quantitative estimate of drug-likeness (QED) is 0.109. The number of anilines is 3. The predicted octanol–water partition coefficient (Wildman–Crippen LogP) is 4.79. The lowest BCUT2D eigenvalue weighted by Crippen LogP contribution is -2.18. The molecule has 16 heteroatoms. The number of nitrogens with one attached hydrogen (secondary N) is 3. The molecule has 0 heterocycles. The zero-order valence-electron chi connectivity index (χ0n) is 24.5. The first-order chi connectivity index (χ1) is 22.6. The number of carbonyl (C=O) groups excluding carboxylic acids is 3. The van der Waals surface area contributed by atoms with Crippen molar-refractivity contribution >= 4 is 82.5 Å². The van der Waals surface area contributed by atoms with Crippen LogP contribution in [0.4, 0.5) is 17.1 Å². The summed E-state index contributed by atoms with van der Waals surface area (Å²) in [5.41, 5.74) is 0.370. The van der Waals surface area contributed by atoms with Gasteiger partial charge in [-0.3, -0.25) is 28.3 Å². The van der Waals surface area contributed by atoms with Crippen molar-refractivity contribution in [3.05, 3.63) is 102 Å². The van der Waals surface area contributed by atoms with E-state index in [-0.39, 0.29) is 44.4 Å². The highest BCUT2D eigenvalue weighted by Crippen LogP contribution is 2.29. The number of aliphatic carboxylic acids is 1. The molecule has 0 saturated carbocycles. The third-order valence-electron chi connectivity index (χ3n) is 7.10. The third-order valence-corrected chi connectivity index (χ3v) is 8.80. The van der Waals surface area contributed by atoms with Crippen LogP contribution in [0.2, 0.25) is 0 Å². The van der Waals surface area contributed by atoms with Crippen LogP contribution in [0, 0.1) is 0 Å². The lowest BCUT2D eigenvalue weighted by atomic mass is 10.1. The van der Waals surface area contributed by atoms with E-state index in [0.29, 0.717) is 21.5 Å². The molecular weight excluding hydrogens is 666 g/mol. The van der Waals surface area contributed by atoms with Gasteiger partial charge < -0.3 is 21.1 Å². The molecule has 0 aliphatic rings. The van der Waals surface area contributed by atoms with Crippen LogP contribution in [-0.4, -0.2) is 54.7 Å². The van der Waals surface area contributed by atoms with E-state index in [4.69, 9.17) is 5.11 Å². The number of benzene rings is 5. The zero-order chi connectivity index (χ0) is 34.8. The molecule has 0 radical (unpaired) electrons. The molecule has 0 unspecified atom stereocenters. The minimum atomic E-state index is -4.48. The highest BCUT2D eigenvalue weighted by Gasteiger charge is 2.18. The second-order valence-corrected chi connectivity index (χ2v) is 13.3. The third kappa shape index (κ3) is 7.81. The summed E-state index contributed by atoms with van der Waals surface area (Å²) >= 11 is 0. The van der Waals surface area contributed by atoms with Crippen molar-refractivity contribution in [2.75, 3.05) is 16.0 Å². The molecule has 3 amide bonds. The molecule has 6 N–H and O–H groups in total. The molecule has 0 saturated heterocycles. The highest BCUT2D eigenvalue weighted by molar-refractivity contribution is 7.86. The Morgan fingerprint density at radius 2 is 1.02 bits per heavy atom. The van der Waals surface area contributed by atoms with E-state index in [9.17, 15) is 45.1 Å². The van der Waals surface area contributed by atoms with E-state index in [1.54, 1.807) is 36.4 Å². The molecule has 0 aliphatic heterocycles. The molecule has 0 fully saturated rings.